The molecule has 0 aromatic heterocycles. The zero-order valence-corrected chi connectivity index (χ0v) is 11.3. The van der Waals surface area contributed by atoms with Gasteiger partial charge in [-0.15, -0.1) is 0 Å². The third-order valence-corrected chi connectivity index (χ3v) is 4.48. The van der Waals surface area contributed by atoms with E-state index in [2.05, 4.69) is 10.6 Å². The fraction of sp³-hybridized carbons (Fsp3) is 0.533. The lowest BCUT2D eigenvalue weighted by Gasteiger charge is -2.48. The van der Waals surface area contributed by atoms with Gasteiger partial charge in [-0.3, -0.25) is 4.79 Å². The van der Waals surface area contributed by atoms with Crippen LogP contribution in [0.4, 0.5) is 4.39 Å². The number of carbonyl (C=O) groups is 1. The summed E-state index contributed by atoms with van der Waals surface area (Å²) in [6.07, 6.45) is 5.33. The second kappa shape index (κ2) is 5.05. The molecular weight excluding hydrogens is 259 g/mol. The molecule has 1 atom stereocenters. The second-order valence-electron chi connectivity index (χ2n) is 5.89. The Hall–Kier alpha value is -1.62. The summed E-state index contributed by atoms with van der Waals surface area (Å²) in [5.74, 6) is -1.10. The summed E-state index contributed by atoms with van der Waals surface area (Å²) < 4.78 is 13.2. The maximum Gasteiger partial charge on any atom is 0.255 e. The first-order chi connectivity index (χ1) is 9.58. The molecule has 1 amide bonds. The van der Waals surface area contributed by atoms with E-state index in [0.29, 0.717) is 0 Å². The summed E-state index contributed by atoms with van der Waals surface area (Å²) in [6.45, 7) is 0.889. The van der Waals surface area contributed by atoms with Crippen LogP contribution in [-0.2, 0) is 0 Å². The quantitative estimate of drug-likeness (QED) is 0.774. The Kier molecular flexibility index (Phi) is 3.38. The van der Waals surface area contributed by atoms with E-state index in [-0.39, 0.29) is 22.9 Å². The maximum absolute atomic E-state index is 13.2. The van der Waals surface area contributed by atoms with E-state index in [4.69, 9.17) is 0 Å². The van der Waals surface area contributed by atoms with Crippen LogP contribution in [0.3, 0.4) is 0 Å². The Labute approximate surface area is 117 Å². The van der Waals surface area contributed by atoms with E-state index in [9.17, 15) is 14.3 Å². The minimum Gasteiger partial charge on any atom is -0.507 e. The Balaban J connectivity index is 1.67. The molecule has 1 aromatic rings. The zero-order chi connectivity index (χ0) is 14.2. The van der Waals surface area contributed by atoms with Gasteiger partial charge in [0.2, 0.25) is 0 Å². The van der Waals surface area contributed by atoms with Gasteiger partial charge >= 0.3 is 0 Å². The third-order valence-electron chi connectivity index (χ3n) is 4.48. The zero-order valence-electron chi connectivity index (χ0n) is 11.3. The molecule has 1 aliphatic heterocycles. The van der Waals surface area contributed by atoms with Crippen molar-refractivity contribution in [3.8, 4) is 5.75 Å². The number of hydrogen-bond acceptors (Lipinski definition) is 3. The van der Waals surface area contributed by atoms with Crippen molar-refractivity contribution in [2.45, 2.75) is 43.7 Å². The van der Waals surface area contributed by atoms with Crippen molar-refractivity contribution >= 4 is 5.91 Å². The monoisotopic (exact) mass is 278 g/mol. The molecule has 1 aliphatic carbocycles. The van der Waals surface area contributed by atoms with Gasteiger partial charge in [-0.1, -0.05) is 0 Å². The van der Waals surface area contributed by atoms with Crippen molar-refractivity contribution in [3.63, 3.8) is 0 Å². The minimum absolute atomic E-state index is 0.00573. The number of aromatic hydroxyl groups is 1. The lowest BCUT2D eigenvalue weighted by atomic mass is 9.70. The van der Waals surface area contributed by atoms with E-state index < -0.39 is 11.7 Å². The van der Waals surface area contributed by atoms with Gasteiger partial charge in [0.25, 0.3) is 5.91 Å². The van der Waals surface area contributed by atoms with Crippen LogP contribution in [0.5, 0.6) is 5.75 Å². The number of hydrogen-bond donors (Lipinski definition) is 3. The van der Waals surface area contributed by atoms with Crippen LogP contribution in [-0.4, -0.2) is 29.1 Å². The number of piperidine rings is 1. The molecule has 4 nitrogen and oxygen atoms in total. The lowest BCUT2D eigenvalue weighted by molar-refractivity contribution is 0.0850. The molecule has 108 valence electrons. The topological polar surface area (TPSA) is 61.4 Å². The Morgan fingerprint density at radius 1 is 1.45 bits per heavy atom. The van der Waals surface area contributed by atoms with Crippen molar-refractivity contribution in [1.82, 2.24) is 10.6 Å². The van der Waals surface area contributed by atoms with Gasteiger partial charge in [-0.05, 0) is 56.8 Å². The van der Waals surface area contributed by atoms with Crippen molar-refractivity contribution < 1.29 is 14.3 Å². The number of carbonyl (C=O) groups excluding carboxylic acids is 1. The highest BCUT2D eigenvalue weighted by Crippen LogP contribution is 2.38. The Bertz CT molecular complexity index is 529. The molecule has 0 bridgehead atoms. The average molecular weight is 278 g/mol. The molecule has 1 unspecified atom stereocenters. The number of rotatable bonds is 2. The normalized spacial score (nSPS) is 24.1. The molecule has 1 saturated carbocycles. The summed E-state index contributed by atoms with van der Waals surface area (Å²) in [4.78, 5) is 12.1. The predicted octanol–water partition coefficient (Wildman–Crippen LogP) is 1.94. The van der Waals surface area contributed by atoms with Crippen LogP contribution in [0.15, 0.2) is 18.2 Å². The van der Waals surface area contributed by atoms with Crippen molar-refractivity contribution in [2.24, 2.45) is 0 Å². The Morgan fingerprint density at radius 2 is 2.25 bits per heavy atom. The summed E-state index contributed by atoms with van der Waals surface area (Å²) in [5, 5.41) is 16.1. The van der Waals surface area contributed by atoms with Crippen LogP contribution >= 0.6 is 0 Å². The van der Waals surface area contributed by atoms with Crippen LogP contribution in [0.2, 0.25) is 0 Å². The standard InChI is InChI=1S/C15H19FN2O2/c16-10-2-3-13(19)12(8-10)14(20)18-11-4-7-17-15(9-11)5-1-6-15/h2-3,8,11,17,19H,1,4-7,9H2,(H,18,20). The molecule has 1 spiro atoms. The molecule has 3 rings (SSSR count). The first-order valence-electron chi connectivity index (χ1n) is 7.12. The van der Waals surface area contributed by atoms with E-state index >= 15 is 0 Å². The fourth-order valence-electron chi connectivity index (χ4n) is 3.22. The summed E-state index contributed by atoms with van der Waals surface area (Å²) >= 11 is 0. The number of amides is 1. The number of halogens is 1. The molecule has 1 saturated heterocycles. The van der Waals surface area contributed by atoms with E-state index in [1.54, 1.807) is 0 Å². The third kappa shape index (κ3) is 2.50. The van der Waals surface area contributed by atoms with E-state index in [1.165, 1.54) is 12.5 Å². The first-order valence-corrected chi connectivity index (χ1v) is 7.12. The molecule has 20 heavy (non-hydrogen) atoms. The highest BCUT2D eigenvalue weighted by atomic mass is 19.1. The van der Waals surface area contributed by atoms with Crippen LogP contribution < -0.4 is 10.6 Å². The van der Waals surface area contributed by atoms with Crippen LogP contribution in [0.25, 0.3) is 0 Å². The number of benzene rings is 1. The molecule has 0 radical (unpaired) electrons. The Morgan fingerprint density at radius 3 is 2.95 bits per heavy atom. The predicted molar refractivity (Wildman–Crippen MR) is 73.1 cm³/mol. The number of phenols is 1. The van der Waals surface area contributed by atoms with Gasteiger partial charge in [0.1, 0.15) is 11.6 Å². The van der Waals surface area contributed by atoms with Gasteiger partial charge in [0.15, 0.2) is 0 Å². The second-order valence-corrected chi connectivity index (χ2v) is 5.89. The molecule has 2 aliphatic rings. The average Bonchev–Trinajstić information content (AvgIpc) is 2.40. The maximum atomic E-state index is 13.2. The number of nitrogens with one attached hydrogen (secondary N) is 2. The van der Waals surface area contributed by atoms with Gasteiger partial charge in [-0.2, -0.15) is 0 Å². The summed E-state index contributed by atoms with van der Waals surface area (Å²) in [6, 6.07) is 3.51. The first kappa shape index (κ1) is 13.4. The molecule has 3 N–H and O–H groups in total. The molecule has 1 heterocycles. The van der Waals surface area contributed by atoms with Gasteiger partial charge in [-0.25, -0.2) is 4.39 Å². The highest BCUT2D eigenvalue weighted by Gasteiger charge is 2.41. The van der Waals surface area contributed by atoms with Gasteiger partial charge in [0, 0.05) is 11.6 Å². The van der Waals surface area contributed by atoms with Crippen LogP contribution in [0, 0.1) is 5.82 Å². The van der Waals surface area contributed by atoms with E-state index in [0.717, 1.165) is 44.4 Å². The molecular formula is C15H19FN2O2. The van der Waals surface area contributed by atoms with E-state index in [1.807, 2.05) is 0 Å². The summed E-state index contributed by atoms with van der Waals surface area (Å²) in [5.41, 5.74) is 0.200. The van der Waals surface area contributed by atoms with Gasteiger partial charge in [0.05, 0.1) is 5.56 Å². The minimum atomic E-state index is -0.520. The number of phenolic OH excluding ortho intramolecular Hbond substituents is 1. The largest absolute Gasteiger partial charge is 0.507 e. The molecule has 5 heteroatoms. The van der Waals surface area contributed by atoms with Crippen LogP contribution in [0.1, 0.15) is 42.5 Å². The molecule has 2 fully saturated rings. The lowest BCUT2D eigenvalue weighted by Crippen LogP contribution is -2.59. The molecule has 1 aromatic carbocycles. The van der Waals surface area contributed by atoms with Crippen molar-refractivity contribution in [2.75, 3.05) is 6.54 Å². The highest BCUT2D eigenvalue weighted by molar-refractivity contribution is 5.97. The fourth-order valence-corrected chi connectivity index (χ4v) is 3.22. The smallest absolute Gasteiger partial charge is 0.255 e. The van der Waals surface area contributed by atoms with Crippen molar-refractivity contribution in [1.29, 1.82) is 0 Å². The summed E-state index contributed by atoms with van der Waals surface area (Å²) in [7, 11) is 0. The van der Waals surface area contributed by atoms with Gasteiger partial charge < -0.3 is 15.7 Å². The van der Waals surface area contributed by atoms with Crippen molar-refractivity contribution in [3.05, 3.63) is 29.6 Å². The SMILES string of the molecule is O=C(NC1CCNC2(CCC2)C1)c1cc(F)ccc1O.